The number of aromatic nitrogens is 2. The number of para-hydroxylation sites is 1. The molecule has 2 heterocycles. The van der Waals surface area contributed by atoms with Gasteiger partial charge in [0.25, 0.3) is 5.56 Å². The second-order valence-corrected chi connectivity index (χ2v) is 9.83. The number of likely N-dealkylation sites (tertiary alicyclic amines) is 1. The number of carbonyl (C=O) groups excluding carboxylic acids is 1. The zero-order chi connectivity index (χ0) is 21.5. The summed E-state index contributed by atoms with van der Waals surface area (Å²) < 4.78 is 7.78. The van der Waals surface area contributed by atoms with Crippen LogP contribution < -0.4 is 5.56 Å². The summed E-state index contributed by atoms with van der Waals surface area (Å²) in [4.78, 5) is 34.4. The third-order valence-corrected chi connectivity index (χ3v) is 7.38. The van der Waals surface area contributed by atoms with Crippen LogP contribution in [-0.2, 0) is 16.1 Å². The van der Waals surface area contributed by atoms with Crippen LogP contribution in [0.4, 0.5) is 0 Å². The van der Waals surface area contributed by atoms with E-state index >= 15 is 0 Å². The molecule has 5 rings (SSSR count). The van der Waals surface area contributed by atoms with Gasteiger partial charge in [-0.3, -0.25) is 14.2 Å². The van der Waals surface area contributed by atoms with Gasteiger partial charge in [0.2, 0.25) is 5.91 Å². The maximum Gasteiger partial charge on any atom is 0.261 e. The maximum atomic E-state index is 13.1. The lowest BCUT2D eigenvalue weighted by Gasteiger charge is -2.41. The molecular weight excluding hydrogens is 392 g/mol. The van der Waals surface area contributed by atoms with Crippen LogP contribution in [0.15, 0.2) is 35.4 Å². The van der Waals surface area contributed by atoms with Gasteiger partial charge in [-0.2, -0.15) is 0 Å². The molecule has 0 bridgehead atoms. The van der Waals surface area contributed by atoms with Crippen LogP contribution >= 0.6 is 0 Å². The fraction of sp³-hybridized carbons (Fsp3) is 0.625. The number of ether oxygens (including phenoxy) is 1. The van der Waals surface area contributed by atoms with Crippen molar-refractivity contribution < 1.29 is 9.53 Å². The van der Waals surface area contributed by atoms with Crippen molar-refractivity contribution >= 4 is 16.8 Å². The lowest BCUT2D eigenvalue weighted by Crippen LogP contribution is -2.48. The molecule has 3 aliphatic rings. The Hall–Kier alpha value is -2.25. The highest BCUT2D eigenvalue weighted by atomic mass is 16.5. The SMILES string of the molecule is CN(C)[C@@H]1C[C@@H]2CN(C(=O)Cn3cnc4ccccc4c3=O)C[C@@H]2C[C@H]1OCC1CC1. The van der Waals surface area contributed by atoms with E-state index in [0.717, 1.165) is 38.5 Å². The van der Waals surface area contributed by atoms with Gasteiger partial charge in [-0.05, 0) is 69.7 Å². The summed E-state index contributed by atoms with van der Waals surface area (Å²) in [6.07, 6.45) is 6.43. The van der Waals surface area contributed by atoms with Gasteiger partial charge in [0.05, 0.1) is 23.3 Å². The molecule has 1 amide bonds. The molecule has 1 aromatic carbocycles. The molecule has 7 nitrogen and oxygen atoms in total. The van der Waals surface area contributed by atoms with Gasteiger partial charge in [0.15, 0.2) is 0 Å². The van der Waals surface area contributed by atoms with Crippen LogP contribution in [0.3, 0.4) is 0 Å². The van der Waals surface area contributed by atoms with Crippen molar-refractivity contribution in [1.29, 1.82) is 0 Å². The topological polar surface area (TPSA) is 67.7 Å². The highest BCUT2D eigenvalue weighted by molar-refractivity contribution is 5.79. The van der Waals surface area contributed by atoms with E-state index in [9.17, 15) is 9.59 Å². The molecule has 0 N–H and O–H groups in total. The van der Waals surface area contributed by atoms with Gasteiger partial charge in [-0.15, -0.1) is 0 Å². The second-order valence-electron chi connectivity index (χ2n) is 9.83. The number of likely N-dealkylation sites (N-methyl/N-ethyl adjacent to an activating group) is 1. The highest BCUT2D eigenvalue weighted by Crippen LogP contribution is 2.40. The van der Waals surface area contributed by atoms with E-state index in [1.807, 2.05) is 23.1 Å². The summed E-state index contributed by atoms with van der Waals surface area (Å²) in [5, 5.41) is 0.553. The van der Waals surface area contributed by atoms with E-state index in [1.54, 1.807) is 6.07 Å². The Kier molecular flexibility index (Phi) is 5.56. The minimum Gasteiger partial charge on any atom is -0.376 e. The van der Waals surface area contributed by atoms with Crippen molar-refractivity contribution in [3.63, 3.8) is 0 Å². The summed E-state index contributed by atoms with van der Waals surface area (Å²) >= 11 is 0. The van der Waals surface area contributed by atoms with Gasteiger partial charge in [0.1, 0.15) is 6.54 Å². The number of rotatable bonds is 6. The van der Waals surface area contributed by atoms with Crippen molar-refractivity contribution in [2.45, 2.75) is 44.4 Å². The molecule has 0 unspecified atom stereocenters. The van der Waals surface area contributed by atoms with Crippen LogP contribution in [0.1, 0.15) is 25.7 Å². The number of fused-ring (bicyclic) bond motifs is 2. The Morgan fingerprint density at radius 1 is 1.16 bits per heavy atom. The summed E-state index contributed by atoms with van der Waals surface area (Å²) in [5.74, 6) is 1.75. The third kappa shape index (κ3) is 4.26. The van der Waals surface area contributed by atoms with E-state index in [4.69, 9.17) is 4.74 Å². The molecule has 31 heavy (non-hydrogen) atoms. The average Bonchev–Trinajstić information content (AvgIpc) is 3.50. The Morgan fingerprint density at radius 2 is 1.90 bits per heavy atom. The first-order valence-electron chi connectivity index (χ1n) is 11.5. The summed E-state index contributed by atoms with van der Waals surface area (Å²) in [6.45, 7) is 2.48. The van der Waals surface area contributed by atoms with E-state index < -0.39 is 0 Å². The van der Waals surface area contributed by atoms with E-state index in [0.29, 0.717) is 28.8 Å². The van der Waals surface area contributed by atoms with Crippen molar-refractivity contribution in [2.75, 3.05) is 33.8 Å². The highest BCUT2D eigenvalue weighted by Gasteiger charge is 2.44. The predicted octanol–water partition coefficient (Wildman–Crippen LogP) is 1.99. The lowest BCUT2D eigenvalue weighted by molar-refractivity contribution is -0.131. The molecule has 166 valence electrons. The summed E-state index contributed by atoms with van der Waals surface area (Å²) in [5.41, 5.74) is 0.507. The standard InChI is InChI=1S/C24H32N4O3/c1-26(2)21-9-17-11-27(12-18(17)10-22(21)31-14-16-7-8-16)23(29)13-28-15-25-20-6-4-3-5-19(20)24(28)30/h3-6,15-18,21-22H,7-14H2,1-2H3/t17-,18+,21-,22-/m1/s1. The molecule has 1 aromatic heterocycles. The second kappa shape index (κ2) is 8.36. The molecular formula is C24H32N4O3. The smallest absolute Gasteiger partial charge is 0.261 e. The minimum absolute atomic E-state index is 0.00503. The minimum atomic E-state index is -0.156. The van der Waals surface area contributed by atoms with Gasteiger partial charge in [0, 0.05) is 25.7 Å². The zero-order valence-electron chi connectivity index (χ0n) is 18.4. The molecule has 0 radical (unpaired) electrons. The van der Waals surface area contributed by atoms with Crippen LogP contribution in [0.5, 0.6) is 0 Å². The molecule has 0 spiro atoms. The van der Waals surface area contributed by atoms with E-state index in [2.05, 4.69) is 24.0 Å². The molecule has 1 aliphatic heterocycles. The number of benzene rings is 1. The molecule has 1 saturated heterocycles. The monoisotopic (exact) mass is 424 g/mol. The number of nitrogens with zero attached hydrogens (tertiary/aromatic N) is 4. The van der Waals surface area contributed by atoms with E-state index in [1.165, 1.54) is 23.7 Å². The Labute approximate surface area is 183 Å². The molecule has 2 aliphatic carbocycles. The van der Waals surface area contributed by atoms with Gasteiger partial charge in [-0.25, -0.2) is 4.98 Å². The largest absolute Gasteiger partial charge is 0.376 e. The maximum absolute atomic E-state index is 13.1. The Bertz CT molecular complexity index is 1020. The van der Waals surface area contributed by atoms with Crippen molar-refractivity contribution in [1.82, 2.24) is 19.4 Å². The summed E-state index contributed by atoms with van der Waals surface area (Å²) in [7, 11) is 4.27. The molecule has 7 heteroatoms. The third-order valence-electron chi connectivity index (χ3n) is 7.38. The lowest BCUT2D eigenvalue weighted by atomic mass is 9.77. The fourth-order valence-corrected chi connectivity index (χ4v) is 5.33. The molecule has 4 atom stereocenters. The first-order chi connectivity index (χ1) is 15.0. The quantitative estimate of drug-likeness (QED) is 0.710. The van der Waals surface area contributed by atoms with Crippen molar-refractivity contribution in [2.24, 2.45) is 17.8 Å². The van der Waals surface area contributed by atoms with Crippen LogP contribution in [0.2, 0.25) is 0 Å². The van der Waals surface area contributed by atoms with Gasteiger partial charge >= 0.3 is 0 Å². The molecule has 2 aromatic rings. The fourth-order valence-electron chi connectivity index (χ4n) is 5.33. The number of carbonyl (C=O) groups is 1. The number of hydrogen-bond acceptors (Lipinski definition) is 5. The molecule has 3 fully saturated rings. The first kappa shape index (κ1) is 20.6. The Morgan fingerprint density at radius 3 is 2.65 bits per heavy atom. The van der Waals surface area contributed by atoms with Crippen LogP contribution in [-0.4, -0.2) is 71.2 Å². The molecule has 2 saturated carbocycles. The normalized spacial score (nSPS) is 28.3. The van der Waals surface area contributed by atoms with Crippen molar-refractivity contribution in [3.05, 3.63) is 40.9 Å². The number of hydrogen-bond donors (Lipinski definition) is 0. The number of amides is 1. The first-order valence-corrected chi connectivity index (χ1v) is 11.5. The summed E-state index contributed by atoms with van der Waals surface area (Å²) in [6, 6.07) is 7.67. The van der Waals surface area contributed by atoms with Gasteiger partial charge < -0.3 is 14.5 Å². The van der Waals surface area contributed by atoms with Crippen LogP contribution in [0, 0.1) is 17.8 Å². The Balaban J connectivity index is 1.26. The van der Waals surface area contributed by atoms with Crippen LogP contribution in [0.25, 0.3) is 10.9 Å². The zero-order valence-corrected chi connectivity index (χ0v) is 18.4. The van der Waals surface area contributed by atoms with Crippen molar-refractivity contribution in [3.8, 4) is 0 Å². The predicted molar refractivity (Wildman–Crippen MR) is 119 cm³/mol. The average molecular weight is 425 g/mol. The van der Waals surface area contributed by atoms with Gasteiger partial charge in [-0.1, -0.05) is 12.1 Å². The van der Waals surface area contributed by atoms with E-state index in [-0.39, 0.29) is 24.1 Å².